The molecule has 28 heavy (non-hydrogen) atoms. The summed E-state index contributed by atoms with van der Waals surface area (Å²) in [7, 11) is 0. The predicted molar refractivity (Wildman–Crippen MR) is 115 cm³/mol. The number of fused-ring (bicyclic) bond motifs is 1. The van der Waals surface area contributed by atoms with Crippen LogP contribution in [0.15, 0.2) is 47.1 Å². The van der Waals surface area contributed by atoms with Crippen LogP contribution < -0.4 is 4.74 Å². The van der Waals surface area contributed by atoms with Crippen LogP contribution in [0.1, 0.15) is 12.0 Å². The Morgan fingerprint density at radius 1 is 1.18 bits per heavy atom. The van der Waals surface area contributed by atoms with Gasteiger partial charge in [0.1, 0.15) is 11.3 Å². The Hall–Kier alpha value is -2.02. The summed E-state index contributed by atoms with van der Waals surface area (Å²) >= 11 is 3.56. The van der Waals surface area contributed by atoms with Gasteiger partial charge in [-0.3, -0.25) is 9.88 Å². The topological polar surface area (TPSA) is 47.5 Å². The number of aryl methyl sites for hydroxylation is 1. The maximum absolute atomic E-state index is 6.01. The fourth-order valence-corrected chi connectivity index (χ4v) is 3.85. The fraction of sp³-hybridized carbons (Fsp3) is 0.364. The van der Waals surface area contributed by atoms with E-state index in [9.17, 15) is 0 Å². The van der Waals surface area contributed by atoms with Crippen molar-refractivity contribution < 1.29 is 9.47 Å². The van der Waals surface area contributed by atoms with Gasteiger partial charge in [0.15, 0.2) is 0 Å². The summed E-state index contributed by atoms with van der Waals surface area (Å²) in [5.41, 5.74) is 4.78. The first kappa shape index (κ1) is 19.3. The molecule has 0 amide bonds. The summed E-state index contributed by atoms with van der Waals surface area (Å²) in [4.78, 5) is 11.7. The van der Waals surface area contributed by atoms with Crippen LogP contribution in [-0.4, -0.2) is 54.3 Å². The molecule has 1 aromatic heterocycles. The van der Waals surface area contributed by atoms with E-state index in [1.54, 1.807) is 0 Å². The van der Waals surface area contributed by atoms with Gasteiger partial charge in [0.2, 0.25) is 0 Å². The zero-order valence-electron chi connectivity index (χ0n) is 16.0. The minimum Gasteiger partial charge on any atom is -0.493 e. The lowest BCUT2D eigenvalue weighted by Crippen LogP contribution is -2.37. The number of nitrogens with zero attached hydrogens (tertiary/aromatic N) is 3. The molecule has 0 radical (unpaired) electrons. The quantitative estimate of drug-likeness (QED) is 0.528. The van der Waals surface area contributed by atoms with Gasteiger partial charge in [0.05, 0.1) is 37.2 Å². The van der Waals surface area contributed by atoms with Crippen molar-refractivity contribution in [3.05, 3.63) is 52.6 Å². The highest BCUT2D eigenvalue weighted by Crippen LogP contribution is 2.27. The Labute approximate surface area is 173 Å². The number of hydrogen-bond acceptors (Lipinski definition) is 5. The monoisotopic (exact) mass is 441 g/mol. The summed E-state index contributed by atoms with van der Waals surface area (Å²) in [6.07, 6.45) is 2.85. The van der Waals surface area contributed by atoms with E-state index in [0.29, 0.717) is 0 Å². The lowest BCUT2D eigenvalue weighted by atomic mass is 10.1. The number of ether oxygens (including phenoxy) is 2. The SMILES string of the molecule is Cc1cc(-c2cnc3cccc(Br)c3n2)ccc1OCCCN1CCOCC1. The third-order valence-corrected chi connectivity index (χ3v) is 5.61. The van der Waals surface area contributed by atoms with Gasteiger partial charge in [-0.1, -0.05) is 6.07 Å². The van der Waals surface area contributed by atoms with Gasteiger partial charge in [0.25, 0.3) is 0 Å². The molecule has 0 bridgehead atoms. The van der Waals surface area contributed by atoms with Crippen molar-refractivity contribution in [2.45, 2.75) is 13.3 Å². The Bertz CT molecular complexity index is 958. The Morgan fingerprint density at radius 3 is 2.86 bits per heavy atom. The lowest BCUT2D eigenvalue weighted by molar-refractivity contribution is 0.0358. The Morgan fingerprint density at radius 2 is 2.04 bits per heavy atom. The van der Waals surface area contributed by atoms with Gasteiger partial charge in [-0.05, 0) is 65.2 Å². The molecular weight excluding hydrogens is 418 g/mol. The zero-order valence-corrected chi connectivity index (χ0v) is 17.6. The second-order valence-electron chi connectivity index (χ2n) is 7.00. The molecule has 6 heteroatoms. The molecule has 0 aliphatic carbocycles. The van der Waals surface area contributed by atoms with Crippen LogP contribution >= 0.6 is 15.9 Å². The number of halogens is 1. The Balaban J connectivity index is 1.40. The fourth-order valence-electron chi connectivity index (χ4n) is 3.40. The van der Waals surface area contributed by atoms with Gasteiger partial charge in [-0.2, -0.15) is 0 Å². The van der Waals surface area contributed by atoms with Crippen LogP contribution in [0.5, 0.6) is 5.75 Å². The van der Waals surface area contributed by atoms with Gasteiger partial charge in [-0.25, -0.2) is 4.98 Å². The molecule has 1 aliphatic rings. The van der Waals surface area contributed by atoms with Crippen molar-refractivity contribution in [1.82, 2.24) is 14.9 Å². The highest BCUT2D eigenvalue weighted by atomic mass is 79.9. The summed E-state index contributed by atoms with van der Waals surface area (Å²) in [6.45, 7) is 7.59. The highest BCUT2D eigenvalue weighted by molar-refractivity contribution is 9.10. The molecule has 0 unspecified atom stereocenters. The van der Waals surface area contributed by atoms with Crippen molar-refractivity contribution in [3.63, 3.8) is 0 Å². The molecule has 2 aromatic carbocycles. The van der Waals surface area contributed by atoms with E-state index in [0.717, 1.165) is 84.0 Å². The van der Waals surface area contributed by atoms with Crippen LogP contribution in [0.25, 0.3) is 22.3 Å². The van der Waals surface area contributed by atoms with Gasteiger partial charge >= 0.3 is 0 Å². The largest absolute Gasteiger partial charge is 0.493 e. The normalized spacial score (nSPS) is 15.1. The van der Waals surface area contributed by atoms with Crippen LogP contribution in [0.2, 0.25) is 0 Å². The summed E-state index contributed by atoms with van der Waals surface area (Å²) in [5.74, 6) is 0.931. The number of hydrogen-bond donors (Lipinski definition) is 0. The molecule has 5 nitrogen and oxygen atoms in total. The minimum absolute atomic E-state index is 0.722. The molecular formula is C22H24BrN3O2. The van der Waals surface area contributed by atoms with E-state index in [-0.39, 0.29) is 0 Å². The average molecular weight is 442 g/mol. The summed E-state index contributed by atoms with van der Waals surface area (Å²) < 4.78 is 12.3. The van der Waals surface area contributed by atoms with Gasteiger partial charge in [0, 0.05) is 29.7 Å². The third kappa shape index (κ3) is 4.51. The number of para-hydroxylation sites is 1. The van der Waals surface area contributed by atoms with Crippen LogP contribution in [0.4, 0.5) is 0 Å². The van der Waals surface area contributed by atoms with E-state index in [1.807, 2.05) is 30.5 Å². The average Bonchev–Trinajstić information content (AvgIpc) is 2.73. The van der Waals surface area contributed by atoms with Crippen LogP contribution in [0.3, 0.4) is 0 Å². The third-order valence-electron chi connectivity index (χ3n) is 4.97. The van der Waals surface area contributed by atoms with E-state index < -0.39 is 0 Å². The lowest BCUT2D eigenvalue weighted by Gasteiger charge is -2.26. The van der Waals surface area contributed by atoms with E-state index in [1.165, 1.54) is 0 Å². The van der Waals surface area contributed by atoms with Crippen molar-refractivity contribution in [2.24, 2.45) is 0 Å². The molecule has 3 aromatic rings. The zero-order chi connectivity index (χ0) is 19.3. The molecule has 1 aliphatic heterocycles. The Kier molecular flexibility index (Phi) is 6.20. The van der Waals surface area contributed by atoms with E-state index >= 15 is 0 Å². The second kappa shape index (κ2) is 8.99. The number of rotatable bonds is 6. The first-order chi connectivity index (χ1) is 13.7. The standard InChI is InChI=1S/C22H24BrN3O2/c1-16-14-17(20-15-24-19-5-2-4-18(23)22(19)25-20)6-7-21(16)28-11-3-8-26-9-12-27-13-10-26/h2,4-7,14-15H,3,8-13H2,1H3. The van der Waals surface area contributed by atoms with Gasteiger partial charge < -0.3 is 9.47 Å². The molecule has 0 N–H and O–H groups in total. The molecule has 1 saturated heterocycles. The number of aromatic nitrogens is 2. The summed E-state index contributed by atoms with van der Waals surface area (Å²) in [5, 5.41) is 0. The molecule has 0 saturated carbocycles. The number of benzene rings is 2. The molecule has 0 atom stereocenters. The minimum atomic E-state index is 0.722. The van der Waals surface area contributed by atoms with Crippen molar-refractivity contribution in [3.8, 4) is 17.0 Å². The van der Waals surface area contributed by atoms with Crippen LogP contribution in [-0.2, 0) is 4.74 Å². The van der Waals surface area contributed by atoms with Crippen molar-refractivity contribution in [2.75, 3.05) is 39.5 Å². The maximum Gasteiger partial charge on any atom is 0.122 e. The molecule has 146 valence electrons. The van der Waals surface area contributed by atoms with Crippen molar-refractivity contribution >= 4 is 27.0 Å². The van der Waals surface area contributed by atoms with E-state index in [2.05, 4.69) is 44.9 Å². The number of morpholine rings is 1. The van der Waals surface area contributed by atoms with E-state index in [4.69, 9.17) is 14.5 Å². The molecule has 0 spiro atoms. The van der Waals surface area contributed by atoms with Gasteiger partial charge in [-0.15, -0.1) is 0 Å². The smallest absolute Gasteiger partial charge is 0.122 e. The first-order valence-corrected chi connectivity index (χ1v) is 10.5. The molecule has 2 heterocycles. The second-order valence-corrected chi connectivity index (χ2v) is 7.85. The first-order valence-electron chi connectivity index (χ1n) is 9.66. The molecule has 4 rings (SSSR count). The summed E-state index contributed by atoms with van der Waals surface area (Å²) in [6, 6.07) is 12.1. The van der Waals surface area contributed by atoms with Crippen molar-refractivity contribution in [1.29, 1.82) is 0 Å². The van der Waals surface area contributed by atoms with Crippen LogP contribution in [0, 0.1) is 6.92 Å². The molecule has 1 fully saturated rings. The highest BCUT2D eigenvalue weighted by Gasteiger charge is 2.10. The predicted octanol–water partition coefficient (Wildman–Crippen LogP) is 4.47. The maximum atomic E-state index is 6.01.